The zero-order valence-corrected chi connectivity index (χ0v) is 16.5. The highest BCUT2D eigenvalue weighted by molar-refractivity contribution is 7.95. The van der Waals surface area contributed by atoms with Crippen molar-refractivity contribution in [1.82, 2.24) is 0 Å². The molecule has 0 radical (unpaired) electrons. The summed E-state index contributed by atoms with van der Waals surface area (Å²) in [4.78, 5) is 12.3. The number of nitrogens with one attached hydrogen (secondary N) is 2. The average Bonchev–Trinajstić information content (AvgIpc) is 2.74. The zero-order chi connectivity index (χ0) is 20.7. The fraction of sp³-hybridized carbons (Fsp3) is 0.0455. The van der Waals surface area contributed by atoms with Gasteiger partial charge in [0.1, 0.15) is 5.75 Å². The van der Waals surface area contributed by atoms with Crippen LogP contribution >= 0.6 is 0 Å². The van der Waals surface area contributed by atoms with Crippen molar-refractivity contribution in [2.24, 2.45) is 0 Å². The number of rotatable bonds is 7. The Labute approximate surface area is 169 Å². The summed E-state index contributed by atoms with van der Waals surface area (Å²) in [6.45, 7) is 0. The van der Waals surface area contributed by atoms with Crippen LogP contribution in [-0.4, -0.2) is 21.4 Å². The van der Waals surface area contributed by atoms with Gasteiger partial charge < -0.3 is 10.1 Å². The van der Waals surface area contributed by atoms with Gasteiger partial charge in [0.05, 0.1) is 12.5 Å². The molecular formula is C22H20N2O4S. The molecule has 0 aromatic heterocycles. The average molecular weight is 408 g/mol. The zero-order valence-electron chi connectivity index (χ0n) is 15.7. The maximum atomic E-state index is 12.3. The highest BCUT2D eigenvalue weighted by Gasteiger charge is 2.09. The van der Waals surface area contributed by atoms with Crippen LogP contribution in [0.15, 0.2) is 84.3 Å². The van der Waals surface area contributed by atoms with Crippen molar-refractivity contribution >= 4 is 33.4 Å². The van der Waals surface area contributed by atoms with E-state index in [9.17, 15) is 13.2 Å². The molecule has 3 rings (SSSR count). The lowest BCUT2D eigenvalue weighted by molar-refractivity contribution is 0.102. The Balaban J connectivity index is 1.63. The maximum Gasteiger partial charge on any atom is 0.255 e. The predicted molar refractivity (Wildman–Crippen MR) is 115 cm³/mol. The first-order chi connectivity index (χ1) is 13.9. The van der Waals surface area contributed by atoms with Crippen molar-refractivity contribution in [2.75, 3.05) is 17.1 Å². The number of amides is 1. The van der Waals surface area contributed by atoms with Gasteiger partial charge in [0.25, 0.3) is 15.9 Å². The van der Waals surface area contributed by atoms with E-state index in [-0.39, 0.29) is 5.91 Å². The minimum atomic E-state index is -3.66. The molecule has 29 heavy (non-hydrogen) atoms. The van der Waals surface area contributed by atoms with E-state index in [0.717, 1.165) is 11.0 Å². The summed E-state index contributed by atoms with van der Waals surface area (Å²) in [6.07, 6.45) is 1.51. The first-order valence-electron chi connectivity index (χ1n) is 8.77. The summed E-state index contributed by atoms with van der Waals surface area (Å²) < 4.78 is 31.9. The number of hydrogen-bond donors (Lipinski definition) is 2. The molecule has 0 heterocycles. The van der Waals surface area contributed by atoms with Gasteiger partial charge in [0.15, 0.2) is 0 Å². The first kappa shape index (κ1) is 20.2. The Bertz CT molecular complexity index is 1090. The van der Waals surface area contributed by atoms with Crippen molar-refractivity contribution in [3.05, 3.63) is 95.4 Å². The van der Waals surface area contributed by atoms with Crippen molar-refractivity contribution < 1.29 is 17.9 Å². The SMILES string of the molecule is COc1ccc(NC(=O)c2ccc(NS(=O)(=O)/C=C/c3ccccc3)cc2)cc1. The van der Waals surface area contributed by atoms with Gasteiger partial charge in [0, 0.05) is 16.9 Å². The van der Waals surface area contributed by atoms with Gasteiger partial charge in [-0.3, -0.25) is 9.52 Å². The molecule has 3 aromatic rings. The number of carbonyl (C=O) groups is 1. The highest BCUT2D eigenvalue weighted by atomic mass is 32.2. The normalized spacial score (nSPS) is 11.2. The molecule has 0 saturated carbocycles. The number of hydrogen-bond acceptors (Lipinski definition) is 4. The summed E-state index contributed by atoms with van der Waals surface area (Å²) in [5.41, 5.74) is 2.18. The second kappa shape index (κ2) is 9.07. The van der Waals surface area contributed by atoms with E-state index < -0.39 is 10.0 Å². The molecule has 148 valence electrons. The third-order valence-electron chi connectivity index (χ3n) is 3.99. The fourth-order valence-electron chi connectivity index (χ4n) is 2.50. The van der Waals surface area contributed by atoms with E-state index in [2.05, 4.69) is 10.0 Å². The van der Waals surface area contributed by atoms with E-state index in [4.69, 9.17) is 4.74 Å². The minimum absolute atomic E-state index is 0.298. The molecule has 7 heteroatoms. The van der Waals surface area contributed by atoms with Crippen molar-refractivity contribution in [1.29, 1.82) is 0 Å². The standard InChI is InChI=1S/C22H20N2O4S/c1-28-21-13-11-19(12-14-21)23-22(25)18-7-9-20(10-8-18)24-29(26,27)16-15-17-5-3-2-4-6-17/h2-16,24H,1H3,(H,23,25)/b16-15+. The second-order valence-electron chi connectivity index (χ2n) is 6.12. The Kier molecular flexibility index (Phi) is 6.31. The number of benzene rings is 3. The van der Waals surface area contributed by atoms with E-state index >= 15 is 0 Å². The van der Waals surface area contributed by atoms with Crippen LogP contribution in [0.2, 0.25) is 0 Å². The van der Waals surface area contributed by atoms with Gasteiger partial charge >= 0.3 is 0 Å². The van der Waals surface area contributed by atoms with E-state index in [1.54, 1.807) is 43.5 Å². The Morgan fingerprint density at radius 2 is 1.48 bits per heavy atom. The third-order valence-corrected chi connectivity index (χ3v) is 5.01. The van der Waals surface area contributed by atoms with E-state index in [0.29, 0.717) is 22.7 Å². The van der Waals surface area contributed by atoms with Crippen molar-refractivity contribution in [3.63, 3.8) is 0 Å². The molecule has 0 bridgehead atoms. The van der Waals surface area contributed by atoms with E-state index in [1.165, 1.54) is 18.2 Å². The van der Waals surface area contributed by atoms with Gasteiger partial charge in [0.2, 0.25) is 0 Å². The van der Waals surface area contributed by atoms with Gasteiger partial charge in [-0.1, -0.05) is 30.3 Å². The molecule has 0 fully saturated rings. The molecule has 1 amide bonds. The third kappa shape index (κ3) is 5.95. The first-order valence-corrected chi connectivity index (χ1v) is 10.3. The van der Waals surface area contributed by atoms with Crippen LogP contribution in [0, 0.1) is 0 Å². The van der Waals surface area contributed by atoms with E-state index in [1.807, 2.05) is 30.3 Å². The summed E-state index contributed by atoms with van der Waals surface area (Å²) in [5, 5.41) is 3.88. The molecule has 0 aliphatic rings. The Morgan fingerprint density at radius 1 is 0.862 bits per heavy atom. The summed E-state index contributed by atoms with van der Waals surface area (Å²) in [7, 11) is -2.09. The lowest BCUT2D eigenvalue weighted by Gasteiger charge is -2.08. The molecule has 0 spiro atoms. The summed E-state index contributed by atoms with van der Waals surface area (Å²) in [5.74, 6) is 0.398. The Morgan fingerprint density at radius 3 is 2.10 bits per heavy atom. The van der Waals surface area contributed by atoms with Crippen LogP contribution in [0.3, 0.4) is 0 Å². The monoisotopic (exact) mass is 408 g/mol. The number of sulfonamides is 1. The van der Waals surface area contributed by atoms with Crippen LogP contribution in [0.5, 0.6) is 5.75 Å². The van der Waals surface area contributed by atoms with Crippen LogP contribution < -0.4 is 14.8 Å². The Hall–Kier alpha value is -3.58. The molecule has 2 N–H and O–H groups in total. The quantitative estimate of drug-likeness (QED) is 0.608. The van der Waals surface area contributed by atoms with Crippen molar-refractivity contribution in [3.8, 4) is 5.75 Å². The van der Waals surface area contributed by atoms with Crippen LogP contribution in [0.25, 0.3) is 6.08 Å². The summed E-state index contributed by atoms with van der Waals surface area (Å²) in [6, 6.07) is 22.3. The van der Waals surface area contributed by atoms with Crippen LogP contribution in [-0.2, 0) is 10.0 Å². The van der Waals surface area contributed by atoms with Crippen molar-refractivity contribution in [2.45, 2.75) is 0 Å². The summed E-state index contributed by atoms with van der Waals surface area (Å²) >= 11 is 0. The molecule has 0 saturated heterocycles. The van der Waals surface area contributed by atoms with Crippen LogP contribution in [0.1, 0.15) is 15.9 Å². The number of anilines is 2. The van der Waals surface area contributed by atoms with Gasteiger partial charge in [-0.25, -0.2) is 8.42 Å². The largest absolute Gasteiger partial charge is 0.497 e. The molecule has 0 unspecified atom stereocenters. The van der Waals surface area contributed by atoms with Crippen LogP contribution in [0.4, 0.5) is 11.4 Å². The lowest BCUT2D eigenvalue weighted by atomic mass is 10.2. The van der Waals surface area contributed by atoms with Gasteiger partial charge in [-0.05, 0) is 60.2 Å². The number of ether oxygens (including phenoxy) is 1. The van der Waals surface area contributed by atoms with Gasteiger partial charge in [-0.15, -0.1) is 0 Å². The topological polar surface area (TPSA) is 84.5 Å². The lowest BCUT2D eigenvalue weighted by Crippen LogP contribution is -2.12. The molecule has 0 aliphatic heterocycles. The molecule has 0 aliphatic carbocycles. The fourth-order valence-corrected chi connectivity index (χ4v) is 3.37. The molecule has 3 aromatic carbocycles. The van der Waals surface area contributed by atoms with Gasteiger partial charge in [-0.2, -0.15) is 0 Å². The maximum absolute atomic E-state index is 12.3. The molecular weight excluding hydrogens is 388 g/mol. The number of carbonyl (C=O) groups excluding carboxylic acids is 1. The highest BCUT2D eigenvalue weighted by Crippen LogP contribution is 2.17. The predicted octanol–water partition coefficient (Wildman–Crippen LogP) is 4.36. The molecule has 6 nitrogen and oxygen atoms in total. The second-order valence-corrected chi connectivity index (χ2v) is 7.69. The molecule has 0 atom stereocenters. The minimum Gasteiger partial charge on any atom is -0.497 e. The number of methoxy groups -OCH3 is 1. The smallest absolute Gasteiger partial charge is 0.255 e.